The maximum Gasteiger partial charge on any atom is 0.304 e. The van der Waals surface area contributed by atoms with Crippen LogP contribution in [-0.4, -0.2) is 11.1 Å². The van der Waals surface area contributed by atoms with E-state index < -0.39 is 11.4 Å². The van der Waals surface area contributed by atoms with E-state index in [4.69, 9.17) is 16.7 Å². The zero-order valence-corrected chi connectivity index (χ0v) is 10.2. The van der Waals surface area contributed by atoms with E-state index in [1.807, 2.05) is 0 Å². The van der Waals surface area contributed by atoms with Crippen LogP contribution >= 0.6 is 11.6 Å². The first kappa shape index (κ1) is 13.0. The quantitative estimate of drug-likeness (QED) is 0.883. The third-order valence-electron chi connectivity index (χ3n) is 2.57. The first-order valence-electron chi connectivity index (χ1n) is 4.92. The van der Waals surface area contributed by atoms with Gasteiger partial charge in [-0.25, -0.2) is 4.39 Å². The highest BCUT2D eigenvalue weighted by Crippen LogP contribution is 2.34. The summed E-state index contributed by atoms with van der Waals surface area (Å²) in [6, 6.07) is 2.84. The molecule has 0 spiro atoms. The standard InChI is InChI=1S/C12H14ClFO2/c1-7-4-9(13)8(5-10(7)14)12(2,3)6-11(15)16/h4-5H,6H2,1-3H3,(H,15,16). The van der Waals surface area contributed by atoms with Crippen molar-refractivity contribution in [1.82, 2.24) is 0 Å². The van der Waals surface area contributed by atoms with Crippen molar-refractivity contribution in [2.75, 3.05) is 0 Å². The Bertz CT molecular complexity index is 427. The number of aliphatic carboxylic acids is 1. The number of benzene rings is 1. The fourth-order valence-corrected chi connectivity index (χ4v) is 2.11. The van der Waals surface area contributed by atoms with Crippen LogP contribution in [0.4, 0.5) is 4.39 Å². The molecule has 88 valence electrons. The van der Waals surface area contributed by atoms with Gasteiger partial charge in [-0.3, -0.25) is 4.79 Å². The van der Waals surface area contributed by atoms with Gasteiger partial charge in [-0.1, -0.05) is 25.4 Å². The van der Waals surface area contributed by atoms with Gasteiger partial charge in [-0.2, -0.15) is 0 Å². The fraction of sp³-hybridized carbons (Fsp3) is 0.417. The van der Waals surface area contributed by atoms with Crippen molar-refractivity contribution in [3.05, 3.63) is 34.1 Å². The summed E-state index contributed by atoms with van der Waals surface area (Å²) in [5, 5.41) is 9.20. The van der Waals surface area contributed by atoms with E-state index in [2.05, 4.69) is 0 Å². The summed E-state index contributed by atoms with van der Waals surface area (Å²) in [6.07, 6.45) is -0.0881. The van der Waals surface area contributed by atoms with Gasteiger partial charge in [0.2, 0.25) is 0 Å². The van der Waals surface area contributed by atoms with Crippen molar-refractivity contribution in [2.24, 2.45) is 0 Å². The van der Waals surface area contributed by atoms with Crippen LogP contribution in [0.25, 0.3) is 0 Å². The van der Waals surface area contributed by atoms with Gasteiger partial charge in [-0.15, -0.1) is 0 Å². The molecular formula is C12H14ClFO2. The van der Waals surface area contributed by atoms with Crippen LogP contribution in [0.15, 0.2) is 12.1 Å². The molecule has 0 atom stereocenters. The molecule has 2 nitrogen and oxygen atoms in total. The number of rotatable bonds is 3. The SMILES string of the molecule is Cc1cc(Cl)c(C(C)(C)CC(=O)O)cc1F. The third-order valence-corrected chi connectivity index (χ3v) is 2.88. The first-order chi connectivity index (χ1) is 7.24. The van der Waals surface area contributed by atoms with Gasteiger partial charge in [-0.05, 0) is 30.2 Å². The van der Waals surface area contributed by atoms with Crippen LogP contribution in [0.3, 0.4) is 0 Å². The fourth-order valence-electron chi connectivity index (χ4n) is 1.64. The van der Waals surface area contributed by atoms with E-state index in [1.165, 1.54) is 12.1 Å². The van der Waals surface area contributed by atoms with Crippen molar-refractivity contribution < 1.29 is 14.3 Å². The smallest absolute Gasteiger partial charge is 0.304 e. The maximum atomic E-state index is 13.4. The van der Waals surface area contributed by atoms with Crippen LogP contribution in [0.2, 0.25) is 5.02 Å². The Kier molecular flexibility index (Phi) is 3.58. The lowest BCUT2D eigenvalue weighted by molar-refractivity contribution is -0.138. The molecule has 0 aliphatic rings. The minimum Gasteiger partial charge on any atom is -0.481 e. The Morgan fingerprint density at radius 3 is 2.56 bits per heavy atom. The molecule has 0 saturated carbocycles. The van der Waals surface area contributed by atoms with Gasteiger partial charge < -0.3 is 5.11 Å². The summed E-state index contributed by atoms with van der Waals surface area (Å²) in [5.41, 5.74) is 0.303. The average molecular weight is 245 g/mol. The van der Waals surface area contributed by atoms with E-state index in [0.29, 0.717) is 16.1 Å². The van der Waals surface area contributed by atoms with Crippen molar-refractivity contribution in [3.8, 4) is 0 Å². The number of hydrogen-bond acceptors (Lipinski definition) is 1. The number of halogens is 2. The summed E-state index contributed by atoms with van der Waals surface area (Å²) < 4.78 is 13.4. The molecule has 0 heterocycles. The summed E-state index contributed by atoms with van der Waals surface area (Å²) in [5.74, 6) is -1.29. The van der Waals surface area contributed by atoms with Crippen LogP contribution in [0.5, 0.6) is 0 Å². The van der Waals surface area contributed by atoms with Gasteiger partial charge in [0.15, 0.2) is 0 Å². The normalized spacial score (nSPS) is 11.6. The molecule has 0 saturated heterocycles. The number of carboxylic acid groups (broad SMARTS) is 1. The molecule has 0 fully saturated rings. The van der Waals surface area contributed by atoms with E-state index in [9.17, 15) is 9.18 Å². The molecule has 1 N–H and O–H groups in total. The second-order valence-corrected chi connectivity index (χ2v) is 4.94. The molecule has 0 unspecified atom stereocenters. The molecule has 1 aromatic carbocycles. The van der Waals surface area contributed by atoms with Crippen molar-refractivity contribution in [2.45, 2.75) is 32.6 Å². The van der Waals surface area contributed by atoms with Crippen molar-refractivity contribution in [3.63, 3.8) is 0 Å². The summed E-state index contributed by atoms with van der Waals surface area (Å²) in [6.45, 7) is 5.09. The van der Waals surface area contributed by atoms with Gasteiger partial charge >= 0.3 is 5.97 Å². The molecule has 16 heavy (non-hydrogen) atoms. The van der Waals surface area contributed by atoms with Crippen LogP contribution < -0.4 is 0 Å². The highest BCUT2D eigenvalue weighted by molar-refractivity contribution is 6.31. The van der Waals surface area contributed by atoms with Gasteiger partial charge in [0.05, 0.1) is 6.42 Å². The van der Waals surface area contributed by atoms with E-state index in [0.717, 1.165) is 0 Å². The second-order valence-electron chi connectivity index (χ2n) is 4.54. The predicted molar refractivity (Wildman–Crippen MR) is 61.4 cm³/mol. The highest BCUT2D eigenvalue weighted by atomic mass is 35.5. The Labute approximate surface area is 99.0 Å². The summed E-state index contributed by atoms with van der Waals surface area (Å²) >= 11 is 6.01. The Morgan fingerprint density at radius 1 is 1.50 bits per heavy atom. The molecule has 0 aromatic heterocycles. The molecule has 4 heteroatoms. The molecule has 0 aliphatic heterocycles. The summed E-state index contributed by atoms with van der Waals surface area (Å²) in [7, 11) is 0. The first-order valence-corrected chi connectivity index (χ1v) is 5.30. The van der Waals surface area contributed by atoms with E-state index in [-0.39, 0.29) is 12.2 Å². The second kappa shape index (κ2) is 4.42. The minimum atomic E-state index is -0.929. The maximum absolute atomic E-state index is 13.4. The molecule has 1 rings (SSSR count). The molecule has 0 amide bonds. The molecular weight excluding hydrogens is 231 g/mol. The number of carbonyl (C=O) groups is 1. The zero-order valence-electron chi connectivity index (χ0n) is 9.47. The van der Waals surface area contributed by atoms with Crippen LogP contribution in [0.1, 0.15) is 31.4 Å². The topological polar surface area (TPSA) is 37.3 Å². The highest BCUT2D eigenvalue weighted by Gasteiger charge is 2.27. The average Bonchev–Trinajstić information content (AvgIpc) is 2.08. The Balaban J connectivity index is 3.22. The summed E-state index contributed by atoms with van der Waals surface area (Å²) in [4.78, 5) is 10.7. The lowest BCUT2D eigenvalue weighted by Crippen LogP contribution is -2.22. The molecule has 0 aliphatic carbocycles. The molecule has 0 radical (unpaired) electrons. The van der Waals surface area contributed by atoms with Gasteiger partial charge in [0, 0.05) is 10.4 Å². The van der Waals surface area contributed by atoms with Gasteiger partial charge in [0.1, 0.15) is 5.82 Å². The largest absolute Gasteiger partial charge is 0.481 e. The monoisotopic (exact) mass is 244 g/mol. The lowest BCUT2D eigenvalue weighted by Gasteiger charge is -2.24. The molecule has 1 aromatic rings. The zero-order chi connectivity index (χ0) is 12.5. The predicted octanol–water partition coefficient (Wildman–Crippen LogP) is 3.54. The lowest BCUT2D eigenvalue weighted by atomic mass is 9.81. The van der Waals surface area contributed by atoms with Crippen LogP contribution in [-0.2, 0) is 10.2 Å². The molecule has 0 bridgehead atoms. The third kappa shape index (κ3) is 2.73. The minimum absolute atomic E-state index is 0.0881. The van der Waals surface area contributed by atoms with E-state index in [1.54, 1.807) is 20.8 Å². The Hall–Kier alpha value is -1.09. The van der Waals surface area contributed by atoms with Gasteiger partial charge in [0.25, 0.3) is 0 Å². The van der Waals surface area contributed by atoms with Crippen LogP contribution in [0, 0.1) is 12.7 Å². The Morgan fingerprint density at radius 2 is 2.06 bits per heavy atom. The number of carboxylic acids is 1. The van der Waals surface area contributed by atoms with Crippen molar-refractivity contribution >= 4 is 17.6 Å². The number of hydrogen-bond donors (Lipinski definition) is 1. The van der Waals surface area contributed by atoms with E-state index >= 15 is 0 Å². The van der Waals surface area contributed by atoms with Crippen molar-refractivity contribution in [1.29, 1.82) is 0 Å². The number of aryl methyl sites for hydroxylation is 1.